The smallest absolute Gasteiger partial charge is 0.407 e. The van der Waals surface area contributed by atoms with Crippen LogP contribution in [-0.4, -0.2) is 37.9 Å². The van der Waals surface area contributed by atoms with E-state index in [2.05, 4.69) is 16.0 Å². The van der Waals surface area contributed by atoms with Crippen LogP contribution in [0.15, 0.2) is 24.3 Å². The Morgan fingerprint density at radius 3 is 2.12 bits per heavy atom. The van der Waals surface area contributed by atoms with Crippen LogP contribution in [0.25, 0.3) is 0 Å². The van der Waals surface area contributed by atoms with Gasteiger partial charge in [-0.3, -0.25) is 0 Å². The summed E-state index contributed by atoms with van der Waals surface area (Å²) >= 11 is 0. The van der Waals surface area contributed by atoms with Gasteiger partial charge in [-0.2, -0.15) is 0 Å². The third kappa shape index (κ3) is 10.4. The van der Waals surface area contributed by atoms with Gasteiger partial charge in [0.1, 0.15) is 11.4 Å². The van der Waals surface area contributed by atoms with E-state index in [9.17, 15) is 9.59 Å². The minimum Gasteiger partial charge on any atom is -0.497 e. The molecular formula is C19H31N3O4. The molecule has 0 heterocycles. The van der Waals surface area contributed by atoms with Crippen molar-refractivity contribution in [1.82, 2.24) is 16.0 Å². The van der Waals surface area contributed by atoms with E-state index in [0.29, 0.717) is 19.6 Å². The zero-order valence-corrected chi connectivity index (χ0v) is 16.2. The fraction of sp³-hybridized carbons (Fsp3) is 0.579. The van der Waals surface area contributed by atoms with Crippen molar-refractivity contribution < 1.29 is 19.1 Å². The maximum atomic E-state index is 11.7. The zero-order valence-electron chi connectivity index (χ0n) is 16.2. The second-order valence-electron chi connectivity index (χ2n) is 6.95. The molecule has 0 aliphatic rings. The Hall–Kier alpha value is -2.44. The molecule has 1 rings (SSSR count). The molecule has 7 heteroatoms. The molecule has 3 amide bonds. The summed E-state index contributed by atoms with van der Waals surface area (Å²) < 4.78 is 10.2. The van der Waals surface area contributed by atoms with Crippen LogP contribution in [0.2, 0.25) is 0 Å². The first-order chi connectivity index (χ1) is 12.3. The first-order valence-electron chi connectivity index (χ1n) is 8.91. The molecule has 0 bridgehead atoms. The normalized spacial score (nSPS) is 10.8. The van der Waals surface area contributed by atoms with E-state index in [4.69, 9.17) is 9.47 Å². The predicted octanol–water partition coefficient (Wildman–Crippen LogP) is 3.19. The summed E-state index contributed by atoms with van der Waals surface area (Å²) in [6.07, 6.45) is 2.21. The molecule has 0 aromatic heterocycles. The Labute approximate surface area is 155 Å². The lowest BCUT2D eigenvalue weighted by Crippen LogP contribution is -2.35. The van der Waals surface area contributed by atoms with E-state index in [1.165, 1.54) is 0 Å². The Bertz CT molecular complexity index is 553. The minimum absolute atomic E-state index is 0.187. The van der Waals surface area contributed by atoms with Gasteiger partial charge in [0.05, 0.1) is 7.11 Å². The zero-order chi connectivity index (χ0) is 19.4. The van der Waals surface area contributed by atoms with Gasteiger partial charge in [-0.15, -0.1) is 0 Å². The van der Waals surface area contributed by atoms with Crippen LogP contribution < -0.4 is 20.7 Å². The molecule has 7 nitrogen and oxygen atoms in total. The average Bonchev–Trinajstić information content (AvgIpc) is 2.58. The number of methoxy groups -OCH3 is 1. The standard InChI is InChI=1S/C19H31N3O4/c1-19(2,3)26-18(24)21-13-7-5-6-12-20-17(23)22-14-15-8-10-16(25-4)11-9-15/h8-11H,5-7,12-14H2,1-4H3,(H,21,24)(H2,20,22,23). The topological polar surface area (TPSA) is 88.7 Å². The highest BCUT2D eigenvalue weighted by Crippen LogP contribution is 2.10. The highest BCUT2D eigenvalue weighted by atomic mass is 16.6. The lowest BCUT2D eigenvalue weighted by Gasteiger charge is -2.19. The van der Waals surface area contributed by atoms with Gasteiger partial charge < -0.3 is 25.4 Å². The van der Waals surface area contributed by atoms with E-state index in [1.54, 1.807) is 7.11 Å². The summed E-state index contributed by atoms with van der Waals surface area (Å²) in [6.45, 7) is 7.13. The van der Waals surface area contributed by atoms with Crippen LogP contribution in [0.1, 0.15) is 45.6 Å². The van der Waals surface area contributed by atoms with Crippen LogP contribution in [0.3, 0.4) is 0 Å². The number of hydrogen-bond acceptors (Lipinski definition) is 4. The molecule has 0 fully saturated rings. The third-order valence-electron chi connectivity index (χ3n) is 3.42. The molecule has 26 heavy (non-hydrogen) atoms. The van der Waals surface area contributed by atoms with Gasteiger partial charge in [0, 0.05) is 19.6 Å². The Kier molecular flexibility index (Phi) is 9.33. The monoisotopic (exact) mass is 365 g/mol. The molecule has 1 aromatic rings. The maximum Gasteiger partial charge on any atom is 0.407 e. The van der Waals surface area contributed by atoms with Crippen LogP contribution in [0.5, 0.6) is 5.75 Å². The van der Waals surface area contributed by atoms with Crippen molar-refractivity contribution in [2.24, 2.45) is 0 Å². The molecule has 0 aliphatic carbocycles. The van der Waals surface area contributed by atoms with Crippen molar-refractivity contribution in [2.75, 3.05) is 20.2 Å². The molecule has 0 unspecified atom stereocenters. The number of hydrogen-bond donors (Lipinski definition) is 3. The minimum atomic E-state index is -0.479. The van der Waals surface area contributed by atoms with Crippen molar-refractivity contribution >= 4 is 12.1 Å². The Morgan fingerprint density at radius 2 is 1.54 bits per heavy atom. The summed E-state index contributed by atoms with van der Waals surface area (Å²) in [7, 11) is 1.62. The second kappa shape index (κ2) is 11.2. The van der Waals surface area contributed by atoms with Crippen molar-refractivity contribution in [3.05, 3.63) is 29.8 Å². The lowest BCUT2D eigenvalue weighted by molar-refractivity contribution is 0.0527. The first kappa shape index (κ1) is 21.6. The number of benzene rings is 1. The molecule has 0 spiro atoms. The quantitative estimate of drug-likeness (QED) is 0.586. The first-order valence-corrected chi connectivity index (χ1v) is 8.91. The van der Waals surface area contributed by atoms with Crippen LogP contribution in [-0.2, 0) is 11.3 Å². The largest absolute Gasteiger partial charge is 0.497 e. The number of unbranched alkanes of at least 4 members (excludes halogenated alkanes) is 2. The molecule has 0 atom stereocenters. The molecule has 0 radical (unpaired) electrons. The summed E-state index contributed by atoms with van der Waals surface area (Å²) in [5.74, 6) is 0.791. The molecular weight excluding hydrogens is 334 g/mol. The van der Waals surface area contributed by atoms with Crippen molar-refractivity contribution in [3.63, 3.8) is 0 Å². The van der Waals surface area contributed by atoms with Gasteiger partial charge >= 0.3 is 12.1 Å². The van der Waals surface area contributed by atoms with Crippen LogP contribution in [0.4, 0.5) is 9.59 Å². The Morgan fingerprint density at radius 1 is 0.923 bits per heavy atom. The molecule has 0 aliphatic heterocycles. The van der Waals surface area contributed by atoms with Crippen molar-refractivity contribution in [1.29, 1.82) is 0 Å². The number of nitrogens with one attached hydrogen (secondary N) is 3. The molecule has 146 valence electrons. The third-order valence-corrected chi connectivity index (χ3v) is 3.42. The lowest BCUT2D eigenvalue weighted by atomic mass is 10.2. The van der Waals surface area contributed by atoms with E-state index >= 15 is 0 Å². The molecule has 0 saturated heterocycles. The maximum absolute atomic E-state index is 11.7. The summed E-state index contributed by atoms with van der Waals surface area (Å²) in [4.78, 5) is 23.2. The van der Waals surface area contributed by atoms with E-state index in [1.807, 2.05) is 45.0 Å². The van der Waals surface area contributed by atoms with Gasteiger partial charge in [-0.25, -0.2) is 9.59 Å². The number of ether oxygens (including phenoxy) is 2. The van der Waals surface area contributed by atoms with Crippen LogP contribution >= 0.6 is 0 Å². The number of alkyl carbamates (subject to hydrolysis) is 1. The van der Waals surface area contributed by atoms with E-state index in [0.717, 1.165) is 30.6 Å². The van der Waals surface area contributed by atoms with Gasteiger partial charge in [-0.1, -0.05) is 12.1 Å². The number of urea groups is 1. The molecule has 1 aromatic carbocycles. The predicted molar refractivity (Wildman–Crippen MR) is 101 cm³/mol. The summed E-state index contributed by atoms with van der Waals surface area (Å²) in [6, 6.07) is 7.36. The van der Waals surface area contributed by atoms with Crippen LogP contribution in [0, 0.1) is 0 Å². The van der Waals surface area contributed by atoms with Gasteiger partial charge in [0.15, 0.2) is 0 Å². The average molecular weight is 365 g/mol. The van der Waals surface area contributed by atoms with Crippen molar-refractivity contribution in [3.8, 4) is 5.75 Å². The highest BCUT2D eigenvalue weighted by molar-refractivity contribution is 5.73. The number of amides is 3. The van der Waals surface area contributed by atoms with Gasteiger partial charge in [-0.05, 0) is 57.7 Å². The SMILES string of the molecule is COc1ccc(CNC(=O)NCCCCCNC(=O)OC(C)(C)C)cc1. The Balaban J connectivity index is 2.01. The summed E-state index contributed by atoms with van der Waals surface area (Å²) in [5.41, 5.74) is 0.530. The number of carbonyl (C=O) groups excluding carboxylic acids is 2. The summed E-state index contributed by atoms with van der Waals surface area (Å²) in [5, 5.41) is 8.35. The fourth-order valence-corrected chi connectivity index (χ4v) is 2.12. The highest BCUT2D eigenvalue weighted by Gasteiger charge is 2.15. The number of rotatable bonds is 9. The van der Waals surface area contributed by atoms with E-state index in [-0.39, 0.29) is 6.03 Å². The number of carbonyl (C=O) groups is 2. The van der Waals surface area contributed by atoms with Gasteiger partial charge in [0.25, 0.3) is 0 Å². The van der Waals surface area contributed by atoms with Gasteiger partial charge in [0.2, 0.25) is 0 Å². The fourth-order valence-electron chi connectivity index (χ4n) is 2.12. The van der Waals surface area contributed by atoms with Crippen molar-refractivity contribution in [2.45, 2.75) is 52.2 Å². The molecule has 3 N–H and O–H groups in total. The second-order valence-corrected chi connectivity index (χ2v) is 6.95. The van der Waals surface area contributed by atoms with E-state index < -0.39 is 11.7 Å². The molecule has 0 saturated carbocycles.